The Labute approximate surface area is 110 Å². The van der Waals surface area contributed by atoms with Gasteiger partial charge in [0, 0.05) is 18.5 Å². The molecule has 4 heteroatoms. The molecule has 2 aliphatic rings. The monoisotopic (exact) mass is 254 g/mol. The molecule has 2 saturated carbocycles. The topological polar surface area (TPSA) is 64.4 Å². The molecule has 0 aromatic rings. The van der Waals surface area contributed by atoms with Crippen LogP contribution in [0.15, 0.2) is 0 Å². The zero-order chi connectivity index (χ0) is 12.8. The molecule has 2 fully saturated rings. The number of carbonyl (C=O) groups is 1. The maximum absolute atomic E-state index is 11.9. The van der Waals surface area contributed by atoms with Gasteiger partial charge in [0.05, 0.1) is 12.7 Å². The maximum atomic E-state index is 11.9. The Morgan fingerprint density at radius 2 is 1.94 bits per heavy atom. The highest BCUT2D eigenvalue weighted by Gasteiger charge is 2.25. The third-order valence-corrected chi connectivity index (χ3v) is 4.14. The van der Waals surface area contributed by atoms with Crippen molar-refractivity contribution in [3.63, 3.8) is 0 Å². The van der Waals surface area contributed by atoms with Gasteiger partial charge in [-0.2, -0.15) is 0 Å². The fourth-order valence-corrected chi connectivity index (χ4v) is 3.06. The Hall–Kier alpha value is -0.610. The Morgan fingerprint density at radius 3 is 2.67 bits per heavy atom. The van der Waals surface area contributed by atoms with Crippen LogP contribution in [0.5, 0.6) is 0 Å². The molecule has 0 aromatic carbocycles. The van der Waals surface area contributed by atoms with Crippen LogP contribution in [-0.2, 0) is 9.53 Å². The quantitative estimate of drug-likeness (QED) is 0.732. The van der Waals surface area contributed by atoms with Crippen molar-refractivity contribution in [1.82, 2.24) is 5.32 Å². The lowest BCUT2D eigenvalue weighted by Gasteiger charge is -2.25. The SMILES string of the molecule is NC1CCCC(C(=O)NCCOC2CCCC2)C1. The van der Waals surface area contributed by atoms with Crippen molar-refractivity contribution in [1.29, 1.82) is 0 Å². The molecule has 2 aliphatic carbocycles. The van der Waals surface area contributed by atoms with Crippen LogP contribution in [0, 0.1) is 5.92 Å². The zero-order valence-electron chi connectivity index (χ0n) is 11.2. The standard InChI is InChI=1S/C14H26N2O2/c15-12-5-3-4-11(10-12)14(17)16-8-9-18-13-6-1-2-7-13/h11-13H,1-10,15H2,(H,16,17). The van der Waals surface area contributed by atoms with Gasteiger partial charge in [0.1, 0.15) is 0 Å². The molecule has 18 heavy (non-hydrogen) atoms. The van der Waals surface area contributed by atoms with Crippen molar-refractivity contribution in [2.24, 2.45) is 11.7 Å². The van der Waals surface area contributed by atoms with E-state index in [1.54, 1.807) is 0 Å². The van der Waals surface area contributed by atoms with Gasteiger partial charge in [-0.05, 0) is 32.1 Å². The Bertz CT molecular complexity index is 265. The second kappa shape index (κ2) is 7.10. The molecule has 0 radical (unpaired) electrons. The number of nitrogens with one attached hydrogen (secondary N) is 1. The summed E-state index contributed by atoms with van der Waals surface area (Å²) >= 11 is 0. The summed E-state index contributed by atoms with van der Waals surface area (Å²) in [7, 11) is 0. The molecular weight excluding hydrogens is 228 g/mol. The molecule has 0 heterocycles. The van der Waals surface area contributed by atoms with Gasteiger partial charge < -0.3 is 15.8 Å². The zero-order valence-corrected chi connectivity index (χ0v) is 11.2. The highest BCUT2D eigenvalue weighted by atomic mass is 16.5. The van der Waals surface area contributed by atoms with E-state index in [2.05, 4.69) is 5.32 Å². The average Bonchev–Trinajstić information content (AvgIpc) is 2.87. The summed E-state index contributed by atoms with van der Waals surface area (Å²) in [5, 5.41) is 2.98. The van der Waals surface area contributed by atoms with Crippen LogP contribution in [0.4, 0.5) is 0 Å². The van der Waals surface area contributed by atoms with Gasteiger partial charge in [-0.25, -0.2) is 0 Å². The van der Waals surface area contributed by atoms with Crippen LogP contribution >= 0.6 is 0 Å². The van der Waals surface area contributed by atoms with E-state index in [4.69, 9.17) is 10.5 Å². The summed E-state index contributed by atoms with van der Waals surface area (Å²) in [5.74, 6) is 0.292. The van der Waals surface area contributed by atoms with Crippen LogP contribution in [0.2, 0.25) is 0 Å². The molecule has 104 valence electrons. The summed E-state index contributed by atoms with van der Waals surface area (Å²) in [6.45, 7) is 1.29. The van der Waals surface area contributed by atoms with Crippen molar-refractivity contribution in [2.75, 3.05) is 13.2 Å². The smallest absolute Gasteiger partial charge is 0.223 e. The Kier molecular flexibility index (Phi) is 5.45. The third kappa shape index (κ3) is 4.25. The lowest BCUT2D eigenvalue weighted by Crippen LogP contribution is -2.39. The van der Waals surface area contributed by atoms with Crippen molar-refractivity contribution >= 4 is 5.91 Å². The van der Waals surface area contributed by atoms with Crippen LogP contribution in [0.3, 0.4) is 0 Å². The normalized spacial score (nSPS) is 29.4. The lowest BCUT2D eigenvalue weighted by molar-refractivity contribution is -0.126. The fraction of sp³-hybridized carbons (Fsp3) is 0.929. The van der Waals surface area contributed by atoms with Gasteiger partial charge in [-0.1, -0.05) is 19.3 Å². The number of hydrogen-bond acceptors (Lipinski definition) is 3. The molecule has 2 unspecified atom stereocenters. The molecule has 4 nitrogen and oxygen atoms in total. The van der Waals surface area contributed by atoms with E-state index in [-0.39, 0.29) is 17.9 Å². The summed E-state index contributed by atoms with van der Waals surface area (Å²) in [4.78, 5) is 11.9. The van der Waals surface area contributed by atoms with Gasteiger partial charge in [-0.3, -0.25) is 4.79 Å². The van der Waals surface area contributed by atoms with Crippen LogP contribution in [0.25, 0.3) is 0 Å². The fourth-order valence-electron chi connectivity index (χ4n) is 3.06. The largest absolute Gasteiger partial charge is 0.376 e. The first-order valence-electron chi connectivity index (χ1n) is 7.40. The van der Waals surface area contributed by atoms with E-state index in [1.165, 1.54) is 25.7 Å². The minimum absolute atomic E-state index is 0.125. The molecule has 0 saturated heterocycles. The number of rotatable bonds is 5. The van der Waals surface area contributed by atoms with Crippen molar-refractivity contribution in [3.05, 3.63) is 0 Å². The first-order valence-corrected chi connectivity index (χ1v) is 7.40. The van der Waals surface area contributed by atoms with E-state index in [0.717, 1.165) is 25.7 Å². The van der Waals surface area contributed by atoms with Gasteiger partial charge in [-0.15, -0.1) is 0 Å². The molecule has 0 aromatic heterocycles. The van der Waals surface area contributed by atoms with Crippen molar-refractivity contribution in [3.8, 4) is 0 Å². The maximum Gasteiger partial charge on any atom is 0.223 e. The molecule has 2 rings (SSSR count). The van der Waals surface area contributed by atoms with E-state index >= 15 is 0 Å². The molecule has 0 aliphatic heterocycles. The highest BCUT2D eigenvalue weighted by molar-refractivity contribution is 5.78. The number of ether oxygens (including phenoxy) is 1. The minimum Gasteiger partial charge on any atom is -0.376 e. The number of nitrogens with two attached hydrogens (primary N) is 1. The lowest BCUT2D eigenvalue weighted by atomic mass is 9.85. The first kappa shape index (κ1) is 13.8. The van der Waals surface area contributed by atoms with Gasteiger partial charge in [0.15, 0.2) is 0 Å². The van der Waals surface area contributed by atoms with E-state index in [1.807, 2.05) is 0 Å². The number of carbonyl (C=O) groups excluding carboxylic acids is 1. The van der Waals surface area contributed by atoms with Crippen LogP contribution in [-0.4, -0.2) is 31.2 Å². The second-order valence-electron chi connectivity index (χ2n) is 5.69. The second-order valence-corrected chi connectivity index (χ2v) is 5.69. The number of amides is 1. The Balaban J connectivity index is 1.56. The predicted molar refractivity (Wildman–Crippen MR) is 71.2 cm³/mol. The van der Waals surface area contributed by atoms with Gasteiger partial charge >= 0.3 is 0 Å². The summed E-state index contributed by atoms with van der Waals surface area (Å²) in [6.07, 6.45) is 9.36. The number of hydrogen-bond donors (Lipinski definition) is 2. The Morgan fingerprint density at radius 1 is 1.17 bits per heavy atom. The molecule has 0 spiro atoms. The van der Waals surface area contributed by atoms with Crippen molar-refractivity contribution < 1.29 is 9.53 Å². The summed E-state index contributed by atoms with van der Waals surface area (Å²) in [5.41, 5.74) is 5.90. The van der Waals surface area contributed by atoms with E-state index in [9.17, 15) is 4.79 Å². The molecule has 0 bridgehead atoms. The minimum atomic E-state index is 0.125. The first-order chi connectivity index (χ1) is 8.75. The molecular formula is C14H26N2O2. The highest BCUT2D eigenvalue weighted by Crippen LogP contribution is 2.23. The summed E-state index contributed by atoms with van der Waals surface area (Å²) < 4.78 is 5.72. The van der Waals surface area contributed by atoms with Gasteiger partial charge in [0.2, 0.25) is 5.91 Å². The molecule has 2 atom stereocenters. The van der Waals surface area contributed by atoms with Crippen LogP contribution in [0.1, 0.15) is 51.4 Å². The molecule has 1 amide bonds. The molecule has 3 N–H and O–H groups in total. The van der Waals surface area contributed by atoms with Gasteiger partial charge in [0.25, 0.3) is 0 Å². The summed E-state index contributed by atoms with van der Waals surface area (Å²) in [6, 6.07) is 0.212. The van der Waals surface area contributed by atoms with Crippen molar-refractivity contribution in [2.45, 2.75) is 63.5 Å². The van der Waals surface area contributed by atoms with Crippen LogP contribution < -0.4 is 11.1 Å². The average molecular weight is 254 g/mol. The third-order valence-electron chi connectivity index (χ3n) is 4.14. The predicted octanol–water partition coefficient (Wildman–Crippen LogP) is 1.58. The van der Waals surface area contributed by atoms with E-state index < -0.39 is 0 Å². The van der Waals surface area contributed by atoms with E-state index in [0.29, 0.717) is 19.3 Å².